The van der Waals surface area contributed by atoms with Crippen molar-refractivity contribution >= 4 is 63.1 Å². The quantitative estimate of drug-likeness (QED) is 0.431. The largest absolute Gasteiger partial charge is 0.493 e. The SMILES string of the molecule is CN=C1S/C(=C\c2cc(I)c(OCC(=O)Nc3ccc(C)cc3)c(OC)c2)C(=O)N1C. The third kappa shape index (κ3) is 5.59. The average molecular weight is 551 g/mol. The molecule has 162 valence electrons. The first-order valence-corrected chi connectivity index (χ1v) is 11.2. The lowest BCUT2D eigenvalue weighted by Gasteiger charge is -2.14. The molecular formula is C22H22IN3O4S. The maximum Gasteiger partial charge on any atom is 0.266 e. The standard InChI is InChI=1S/C22H22IN3O4S/c1-13-5-7-15(8-6-13)25-19(27)12-30-20-16(23)9-14(10-17(20)29-4)11-18-21(28)26(3)22(24-2)31-18/h5-11H,12H2,1-4H3,(H,25,27)/b18-11-,24-22?. The van der Waals surface area contributed by atoms with Gasteiger partial charge >= 0.3 is 0 Å². The molecule has 2 amide bonds. The molecule has 0 radical (unpaired) electrons. The van der Waals surface area contributed by atoms with E-state index in [1.54, 1.807) is 26.2 Å². The van der Waals surface area contributed by atoms with Crippen molar-refractivity contribution in [2.45, 2.75) is 6.92 Å². The van der Waals surface area contributed by atoms with Crippen LogP contribution in [0.5, 0.6) is 11.5 Å². The van der Waals surface area contributed by atoms with Crippen LogP contribution in [0.15, 0.2) is 46.3 Å². The van der Waals surface area contributed by atoms with Gasteiger partial charge in [0, 0.05) is 19.8 Å². The van der Waals surface area contributed by atoms with Crippen LogP contribution in [0.2, 0.25) is 0 Å². The van der Waals surface area contributed by atoms with Gasteiger partial charge in [0.2, 0.25) is 0 Å². The molecule has 1 heterocycles. The third-order valence-electron chi connectivity index (χ3n) is 4.43. The van der Waals surface area contributed by atoms with Crippen molar-refractivity contribution in [3.05, 3.63) is 56.0 Å². The van der Waals surface area contributed by atoms with Crippen LogP contribution in [-0.2, 0) is 9.59 Å². The first kappa shape index (κ1) is 23.1. The van der Waals surface area contributed by atoms with Crippen LogP contribution in [0.4, 0.5) is 5.69 Å². The normalized spacial score (nSPS) is 16.2. The molecule has 0 unspecified atom stereocenters. The van der Waals surface area contributed by atoms with Crippen molar-refractivity contribution in [2.75, 3.05) is 33.1 Å². The summed E-state index contributed by atoms with van der Waals surface area (Å²) in [6.45, 7) is 1.83. The second-order valence-electron chi connectivity index (χ2n) is 6.72. The average Bonchev–Trinajstić information content (AvgIpc) is 3.02. The van der Waals surface area contributed by atoms with E-state index in [0.717, 1.165) is 14.7 Å². The molecule has 2 aromatic rings. The first-order valence-electron chi connectivity index (χ1n) is 9.33. The Bertz CT molecular complexity index is 1070. The molecule has 0 spiro atoms. The van der Waals surface area contributed by atoms with Crippen LogP contribution in [0.3, 0.4) is 0 Å². The van der Waals surface area contributed by atoms with Gasteiger partial charge in [-0.1, -0.05) is 17.7 Å². The number of aliphatic imine (C=N–C) groups is 1. The number of amides is 2. The minimum Gasteiger partial charge on any atom is -0.493 e. The Balaban J connectivity index is 1.74. The van der Waals surface area contributed by atoms with Crippen molar-refractivity contribution in [3.63, 3.8) is 0 Å². The Hall–Kier alpha value is -2.53. The van der Waals surface area contributed by atoms with Crippen LogP contribution < -0.4 is 14.8 Å². The summed E-state index contributed by atoms with van der Waals surface area (Å²) in [5, 5.41) is 3.45. The van der Waals surface area contributed by atoms with E-state index in [9.17, 15) is 9.59 Å². The van der Waals surface area contributed by atoms with E-state index in [1.807, 2.05) is 37.3 Å². The summed E-state index contributed by atoms with van der Waals surface area (Å²) in [7, 11) is 4.89. The summed E-state index contributed by atoms with van der Waals surface area (Å²) in [5.41, 5.74) is 2.62. The Morgan fingerprint density at radius 3 is 2.61 bits per heavy atom. The van der Waals surface area contributed by atoms with E-state index in [0.29, 0.717) is 27.3 Å². The van der Waals surface area contributed by atoms with Crippen LogP contribution in [0.25, 0.3) is 6.08 Å². The van der Waals surface area contributed by atoms with Gasteiger partial charge in [0.05, 0.1) is 15.6 Å². The van der Waals surface area contributed by atoms with Gasteiger partial charge in [0.15, 0.2) is 23.3 Å². The molecular weight excluding hydrogens is 529 g/mol. The summed E-state index contributed by atoms with van der Waals surface area (Å²) in [4.78, 5) is 30.8. The molecule has 0 atom stereocenters. The Morgan fingerprint density at radius 1 is 1.29 bits per heavy atom. The molecule has 2 aromatic carbocycles. The maximum atomic E-state index is 12.4. The zero-order valence-electron chi connectivity index (χ0n) is 17.6. The maximum absolute atomic E-state index is 12.4. The molecule has 31 heavy (non-hydrogen) atoms. The van der Waals surface area contributed by atoms with E-state index in [4.69, 9.17) is 9.47 Å². The molecule has 7 nitrogen and oxygen atoms in total. The second kappa shape index (κ2) is 10.2. The van der Waals surface area contributed by atoms with Crippen molar-refractivity contribution in [2.24, 2.45) is 4.99 Å². The predicted octanol–water partition coefficient (Wildman–Crippen LogP) is 4.16. The number of carbonyl (C=O) groups is 2. The van der Waals surface area contributed by atoms with Gasteiger partial charge in [-0.2, -0.15) is 0 Å². The van der Waals surface area contributed by atoms with Gasteiger partial charge in [-0.3, -0.25) is 19.5 Å². The highest BCUT2D eigenvalue weighted by Crippen LogP contribution is 2.37. The monoisotopic (exact) mass is 551 g/mol. The number of thioether (sulfide) groups is 1. The summed E-state index contributed by atoms with van der Waals surface area (Å²) in [6, 6.07) is 11.2. The number of likely N-dealkylation sites (N-methyl/N-ethyl adjacent to an activating group) is 1. The van der Waals surface area contributed by atoms with Gasteiger partial charge < -0.3 is 14.8 Å². The molecule has 1 N–H and O–H groups in total. The van der Waals surface area contributed by atoms with Crippen molar-refractivity contribution in [1.82, 2.24) is 4.90 Å². The lowest BCUT2D eigenvalue weighted by molar-refractivity contribution is -0.121. The lowest BCUT2D eigenvalue weighted by Crippen LogP contribution is -2.23. The Kier molecular flexibility index (Phi) is 7.60. The van der Waals surface area contributed by atoms with Crippen molar-refractivity contribution in [3.8, 4) is 11.5 Å². The fourth-order valence-corrected chi connectivity index (χ4v) is 4.54. The lowest BCUT2D eigenvalue weighted by atomic mass is 10.2. The first-order chi connectivity index (χ1) is 14.8. The molecule has 9 heteroatoms. The van der Waals surface area contributed by atoms with Crippen LogP contribution in [0.1, 0.15) is 11.1 Å². The van der Waals surface area contributed by atoms with Crippen LogP contribution in [-0.4, -0.2) is 49.7 Å². The van der Waals surface area contributed by atoms with Crippen LogP contribution >= 0.6 is 34.4 Å². The van der Waals surface area contributed by atoms with E-state index >= 15 is 0 Å². The number of carbonyl (C=O) groups excluding carboxylic acids is 2. The molecule has 0 aliphatic carbocycles. The number of ether oxygens (including phenoxy) is 2. The molecule has 0 aromatic heterocycles. The molecule has 0 saturated carbocycles. The van der Waals surface area contributed by atoms with E-state index in [2.05, 4.69) is 32.9 Å². The second-order valence-corrected chi connectivity index (χ2v) is 8.89. The molecule has 1 aliphatic heterocycles. The van der Waals surface area contributed by atoms with E-state index < -0.39 is 0 Å². The van der Waals surface area contributed by atoms with Gasteiger partial charge in [-0.15, -0.1) is 0 Å². The highest BCUT2D eigenvalue weighted by molar-refractivity contribution is 14.1. The number of aryl methyl sites for hydroxylation is 1. The van der Waals surface area contributed by atoms with Crippen molar-refractivity contribution < 1.29 is 19.1 Å². The highest BCUT2D eigenvalue weighted by atomic mass is 127. The summed E-state index contributed by atoms with van der Waals surface area (Å²) in [5.74, 6) is 0.584. The van der Waals surface area contributed by atoms with Crippen molar-refractivity contribution in [1.29, 1.82) is 0 Å². The third-order valence-corrected chi connectivity index (χ3v) is 6.38. The minimum absolute atomic E-state index is 0.104. The fourth-order valence-electron chi connectivity index (χ4n) is 2.84. The summed E-state index contributed by atoms with van der Waals surface area (Å²) in [6.07, 6.45) is 1.79. The number of methoxy groups -OCH3 is 1. The van der Waals surface area contributed by atoms with Gasteiger partial charge in [0.1, 0.15) is 0 Å². The molecule has 1 aliphatic rings. The smallest absolute Gasteiger partial charge is 0.266 e. The van der Waals surface area contributed by atoms with E-state index in [1.165, 1.54) is 23.8 Å². The predicted molar refractivity (Wildman–Crippen MR) is 133 cm³/mol. The van der Waals surface area contributed by atoms with E-state index in [-0.39, 0.29) is 18.4 Å². The molecule has 1 saturated heterocycles. The highest BCUT2D eigenvalue weighted by Gasteiger charge is 2.29. The number of nitrogens with one attached hydrogen (secondary N) is 1. The molecule has 0 bridgehead atoms. The minimum atomic E-state index is -0.268. The number of nitrogens with zero attached hydrogens (tertiary/aromatic N) is 2. The summed E-state index contributed by atoms with van der Waals surface area (Å²) < 4.78 is 12.0. The summed E-state index contributed by atoms with van der Waals surface area (Å²) >= 11 is 3.45. The van der Waals surface area contributed by atoms with Crippen LogP contribution in [0, 0.1) is 10.5 Å². The topological polar surface area (TPSA) is 80.2 Å². The zero-order valence-corrected chi connectivity index (χ0v) is 20.5. The fraction of sp³-hybridized carbons (Fsp3) is 0.227. The number of hydrogen-bond donors (Lipinski definition) is 1. The number of amidine groups is 1. The number of halogens is 1. The molecule has 3 rings (SSSR count). The number of hydrogen-bond acceptors (Lipinski definition) is 6. The Labute approximate surface area is 199 Å². The number of rotatable bonds is 6. The Morgan fingerprint density at radius 2 is 2.00 bits per heavy atom. The zero-order chi connectivity index (χ0) is 22.5. The van der Waals surface area contributed by atoms with Gasteiger partial charge in [-0.25, -0.2) is 0 Å². The number of benzene rings is 2. The molecule has 1 fully saturated rings. The van der Waals surface area contributed by atoms with Gasteiger partial charge in [0.25, 0.3) is 11.8 Å². The number of anilines is 1. The van der Waals surface area contributed by atoms with Gasteiger partial charge in [-0.05, 0) is 77.2 Å².